The van der Waals surface area contributed by atoms with Crippen molar-refractivity contribution < 1.29 is 4.79 Å². The van der Waals surface area contributed by atoms with E-state index in [9.17, 15) is 4.79 Å². The van der Waals surface area contributed by atoms with Crippen LogP contribution >= 0.6 is 11.6 Å². The predicted octanol–water partition coefficient (Wildman–Crippen LogP) is 2.84. The van der Waals surface area contributed by atoms with Crippen LogP contribution in [-0.4, -0.2) is 12.5 Å². The van der Waals surface area contributed by atoms with E-state index in [4.69, 9.17) is 17.3 Å². The van der Waals surface area contributed by atoms with Crippen molar-refractivity contribution in [1.29, 1.82) is 0 Å². The number of hydrogen-bond acceptors (Lipinski definition) is 2. The SMILES string of the molecule is Nc1c(Cl)cccc1C(=O)NCC1CCCC1. The molecule has 3 nitrogen and oxygen atoms in total. The first-order valence-corrected chi connectivity index (χ1v) is 6.38. The average molecular weight is 253 g/mol. The average Bonchev–Trinajstić information content (AvgIpc) is 2.82. The maximum Gasteiger partial charge on any atom is 0.253 e. The van der Waals surface area contributed by atoms with Gasteiger partial charge in [0, 0.05) is 6.54 Å². The topological polar surface area (TPSA) is 55.1 Å². The van der Waals surface area contributed by atoms with E-state index in [-0.39, 0.29) is 5.91 Å². The Morgan fingerprint density at radius 3 is 2.82 bits per heavy atom. The first-order chi connectivity index (χ1) is 8.18. The number of nitrogen functional groups attached to an aromatic ring is 1. The van der Waals surface area contributed by atoms with E-state index in [1.54, 1.807) is 18.2 Å². The summed E-state index contributed by atoms with van der Waals surface area (Å²) >= 11 is 5.88. The molecule has 1 aliphatic carbocycles. The fraction of sp³-hybridized carbons (Fsp3) is 0.462. The Labute approximate surface area is 106 Å². The Hall–Kier alpha value is -1.22. The van der Waals surface area contributed by atoms with Gasteiger partial charge in [-0.25, -0.2) is 0 Å². The number of para-hydroxylation sites is 1. The minimum absolute atomic E-state index is 0.128. The highest BCUT2D eigenvalue weighted by Crippen LogP contribution is 2.25. The Bertz CT molecular complexity index is 414. The minimum Gasteiger partial charge on any atom is -0.397 e. The van der Waals surface area contributed by atoms with Gasteiger partial charge in [0.05, 0.1) is 16.3 Å². The Morgan fingerprint density at radius 2 is 2.12 bits per heavy atom. The molecule has 0 saturated heterocycles. The number of hydrogen-bond donors (Lipinski definition) is 2. The van der Waals surface area contributed by atoms with Crippen LogP contribution in [0.25, 0.3) is 0 Å². The third-order valence-electron chi connectivity index (χ3n) is 3.32. The van der Waals surface area contributed by atoms with Crippen LogP contribution in [0.3, 0.4) is 0 Å². The number of nitrogens with one attached hydrogen (secondary N) is 1. The molecule has 17 heavy (non-hydrogen) atoms. The van der Waals surface area contributed by atoms with Crippen LogP contribution in [0.15, 0.2) is 18.2 Å². The molecule has 0 atom stereocenters. The molecule has 2 rings (SSSR count). The second-order valence-electron chi connectivity index (χ2n) is 4.56. The summed E-state index contributed by atoms with van der Waals surface area (Å²) < 4.78 is 0. The predicted molar refractivity (Wildman–Crippen MR) is 70.2 cm³/mol. The van der Waals surface area contributed by atoms with E-state index in [1.807, 2.05) is 0 Å². The summed E-state index contributed by atoms with van der Waals surface area (Å²) in [6.45, 7) is 0.741. The van der Waals surface area contributed by atoms with E-state index >= 15 is 0 Å². The number of benzene rings is 1. The van der Waals surface area contributed by atoms with Crippen molar-refractivity contribution in [2.45, 2.75) is 25.7 Å². The van der Waals surface area contributed by atoms with Crippen molar-refractivity contribution in [3.05, 3.63) is 28.8 Å². The van der Waals surface area contributed by atoms with Crippen molar-refractivity contribution >= 4 is 23.2 Å². The van der Waals surface area contributed by atoms with Gasteiger partial charge in [-0.1, -0.05) is 30.5 Å². The summed E-state index contributed by atoms with van der Waals surface area (Å²) in [4.78, 5) is 11.9. The second-order valence-corrected chi connectivity index (χ2v) is 4.97. The number of anilines is 1. The zero-order valence-electron chi connectivity index (χ0n) is 9.71. The first-order valence-electron chi connectivity index (χ1n) is 6.00. The second kappa shape index (κ2) is 5.41. The lowest BCUT2D eigenvalue weighted by Gasteiger charge is -2.12. The van der Waals surface area contributed by atoms with Crippen LogP contribution in [0.5, 0.6) is 0 Å². The van der Waals surface area contributed by atoms with Crippen LogP contribution in [-0.2, 0) is 0 Å². The number of halogens is 1. The lowest BCUT2D eigenvalue weighted by Crippen LogP contribution is -2.29. The first kappa shape index (κ1) is 12.2. The molecule has 1 aromatic carbocycles. The molecular formula is C13H17ClN2O. The normalized spacial score (nSPS) is 16.1. The number of nitrogens with two attached hydrogens (primary N) is 1. The molecule has 0 aromatic heterocycles. The van der Waals surface area contributed by atoms with E-state index in [0.29, 0.717) is 22.2 Å². The van der Waals surface area contributed by atoms with Gasteiger partial charge in [-0.3, -0.25) is 4.79 Å². The van der Waals surface area contributed by atoms with Gasteiger partial charge in [-0.05, 0) is 30.9 Å². The van der Waals surface area contributed by atoms with Crippen LogP contribution in [0.1, 0.15) is 36.0 Å². The van der Waals surface area contributed by atoms with Crippen LogP contribution in [0.4, 0.5) is 5.69 Å². The standard InChI is InChI=1S/C13H17ClN2O/c14-11-7-3-6-10(12(11)15)13(17)16-8-9-4-1-2-5-9/h3,6-7,9H,1-2,4-5,8,15H2,(H,16,17). The van der Waals surface area contributed by atoms with Gasteiger partial charge >= 0.3 is 0 Å². The maximum atomic E-state index is 11.9. The highest BCUT2D eigenvalue weighted by molar-refractivity contribution is 6.33. The molecule has 92 valence electrons. The Balaban J connectivity index is 1.97. The zero-order chi connectivity index (χ0) is 12.3. The summed E-state index contributed by atoms with van der Waals surface area (Å²) in [6, 6.07) is 5.12. The van der Waals surface area contributed by atoms with Crippen LogP contribution in [0.2, 0.25) is 5.02 Å². The van der Waals surface area contributed by atoms with E-state index < -0.39 is 0 Å². The summed E-state index contributed by atoms with van der Waals surface area (Å²) in [5, 5.41) is 3.36. The molecule has 0 heterocycles. The summed E-state index contributed by atoms with van der Waals surface area (Å²) in [5.74, 6) is 0.497. The molecule has 1 aromatic rings. The number of carbonyl (C=O) groups is 1. The Kier molecular flexibility index (Phi) is 3.89. The van der Waals surface area contributed by atoms with Crippen molar-refractivity contribution in [3.63, 3.8) is 0 Å². The smallest absolute Gasteiger partial charge is 0.253 e. The van der Waals surface area contributed by atoms with E-state index in [0.717, 1.165) is 6.54 Å². The molecule has 1 saturated carbocycles. The number of carbonyl (C=O) groups excluding carboxylic acids is 1. The monoisotopic (exact) mass is 252 g/mol. The lowest BCUT2D eigenvalue weighted by atomic mass is 10.1. The molecule has 1 amide bonds. The van der Waals surface area contributed by atoms with Crippen molar-refractivity contribution in [2.24, 2.45) is 5.92 Å². The Morgan fingerprint density at radius 1 is 1.41 bits per heavy atom. The highest BCUT2D eigenvalue weighted by atomic mass is 35.5. The molecule has 0 unspecified atom stereocenters. The van der Waals surface area contributed by atoms with Gasteiger partial charge in [-0.2, -0.15) is 0 Å². The lowest BCUT2D eigenvalue weighted by molar-refractivity contribution is 0.0948. The number of amides is 1. The quantitative estimate of drug-likeness (QED) is 0.813. The van der Waals surface area contributed by atoms with Gasteiger partial charge in [0.2, 0.25) is 0 Å². The summed E-state index contributed by atoms with van der Waals surface area (Å²) in [7, 11) is 0. The maximum absolute atomic E-state index is 11.9. The zero-order valence-corrected chi connectivity index (χ0v) is 10.5. The highest BCUT2D eigenvalue weighted by Gasteiger charge is 2.17. The fourth-order valence-electron chi connectivity index (χ4n) is 2.28. The van der Waals surface area contributed by atoms with Crippen LogP contribution in [0, 0.1) is 5.92 Å². The molecule has 4 heteroatoms. The van der Waals surface area contributed by atoms with E-state index in [1.165, 1.54) is 25.7 Å². The van der Waals surface area contributed by atoms with Crippen molar-refractivity contribution in [2.75, 3.05) is 12.3 Å². The fourth-order valence-corrected chi connectivity index (χ4v) is 2.46. The van der Waals surface area contributed by atoms with Gasteiger partial charge in [0.15, 0.2) is 0 Å². The van der Waals surface area contributed by atoms with Crippen molar-refractivity contribution in [1.82, 2.24) is 5.32 Å². The third-order valence-corrected chi connectivity index (χ3v) is 3.65. The molecule has 0 spiro atoms. The largest absolute Gasteiger partial charge is 0.397 e. The molecule has 1 fully saturated rings. The van der Waals surface area contributed by atoms with Crippen LogP contribution < -0.4 is 11.1 Å². The van der Waals surface area contributed by atoms with Crippen molar-refractivity contribution in [3.8, 4) is 0 Å². The molecule has 0 aliphatic heterocycles. The molecule has 0 bridgehead atoms. The van der Waals surface area contributed by atoms with Gasteiger partial charge in [0.25, 0.3) is 5.91 Å². The molecule has 3 N–H and O–H groups in total. The number of rotatable bonds is 3. The molecule has 1 aliphatic rings. The third kappa shape index (κ3) is 2.91. The molecular weight excluding hydrogens is 236 g/mol. The van der Waals surface area contributed by atoms with Gasteiger partial charge in [0.1, 0.15) is 0 Å². The molecule has 0 radical (unpaired) electrons. The summed E-state index contributed by atoms with van der Waals surface area (Å²) in [6.07, 6.45) is 4.98. The van der Waals surface area contributed by atoms with E-state index in [2.05, 4.69) is 5.32 Å². The summed E-state index contributed by atoms with van der Waals surface area (Å²) in [5.41, 5.74) is 6.60. The van der Waals surface area contributed by atoms with Gasteiger partial charge < -0.3 is 11.1 Å². The van der Waals surface area contributed by atoms with Gasteiger partial charge in [-0.15, -0.1) is 0 Å². The minimum atomic E-state index is -0.128.